The van der Waals surface area contributed by atoms with Gasteiger partial charge in [0.2, 0.25) is 5.91 Å². The highest BCUT2D eigenvalue weighted by Gasteiger charge is 2.28. The Kier molecular flexibility index (Phi) is 4.74. The van der Waals surface area contributed by atoms with E-state index < -0.39 is 0 Å². The Morgan fingerprint density at radius 2 is 2.12 bits per heavy atom. The van der Waals surface area contributed by atoms with Crippen LogP contribution in [0, 0.1) is 5.92 Å². The summed E-state index contributed by atoms with van der Waals surface area (Å²) in [6.45, 7) is 1.28. The number of carbonyl (C=O) groups is 1. The molecule has 132 valence electrons. The van der Waals surface area contributed by atoms with Gasteiger partial charge in [-0.15, -0.1) is 0 Å². The predicted octanol–water partition coefficient (Wildman–Crippen LogP) is 1.98. The van der Waals surface area contributed by atoms with Gasteiger partial charge < -0.3 is 10.1 Å². The lowest BCUT2D eigenvalue weighted by molar-refractivity contribution is -0.125. The molecule has 1 aliphatic heterocycles. The maximum absolute atomic E-state index is 12.2. The summed E-state index contributed by atoms with van der Waals surface area (Å²) in [6, 6.07) is 2.56. The summed E-state index contributed by atoms with van der Waals surface area (Å²) in [4.78, 5) is 20.4. The Morgan fingerprint density at radius 3 is 2.84 bits per heavy atom. The Labute approximate surface area is 146 Å². The topological polar surface area (TPSA) is 81.9 Å². The summed E-state index contributed by atoms with van der Waals surface area (Å²) >= 11 is 0. The molecule has 2 aromatic rings. The minimum absolute atomic E-state index is 0.0410. The molecule has 7 nitrogen and oxygen atoms in total. The van der Waals surface area contributed by atoms with Crippen LogP contribution < -0.4 is 5.32 Å². The Bertz CT molecular complexity index is 703. The molecule has 0 aromatic carbocycles. The van der Waals surface area contributed by atoms with Gasteiger partial charge in [-0.3, -0.25) is 9.48 Å². The van der Waals surface area contributed by atoms with Gasteiger partial charge in [0.25, 0.3) is 0 Å². The van der Waals surface area contributed by atoms with Gasteiger partial charge in [-0.25, -0.2) is 9.97 Å². The van der Waals surface area contributed by atoms with Crippen LogP contribution >= 0.6 is 0 Å². The highest BCUT2D eigenvalue weighted by Crippen LogP contribution is 2.29. The van der Waals surface area contributed by atoms with Crippen LogP contribution in [0.5, 0.6) is 0 Å². The van der Waals surface area contributed by atoms with Gasteiger partial charge >= 0.3 is 0 Å². The molecule has 7 heteroatoms. The van der Waals surface area contributed by atoms with E-state index in [1.54, 1.807) is 12.5 Å². The molecule has 2 fully saturated rings. The van der Waals surface area contributed by atoms with Crippen LogP contribution in [0.3, 0.4) is 0 Å². The number of aromatic nitrogens is 4. The van der Waals surface area contributed by atoms with Gasteiger partial charge in [0.05, 0.1) is 30.5 Å². The zero-order valence-electron chi connectivity index (χ0n) is 14.2. The van der Waals surface area contributed by atoms with Crippen LogP contribution in [0.1, 0.15) is 38.1 Å². The van der Waals surface area contributed by atoms with Crippen LogP contribution in [0.15, 0.2) is 31.0 Å². The highest BCUT2D eigenvalue weighted by molar-refractivity contribution is 5.79. The third-order valence-corrected chi connectivity index (χ3v) is 5.20. The Hall–Kier alpha value is -2.28. The zero-order chi connectivity index (χ0) is 17.1. The van der Waals surface area contributed by atoms with Gasteiger partial charge in [-0.05, 0) is 38.2 Å². The van der Waals surface area contributed by atoms with Crippen LogP contribution in [-0.4, -0.2) is 44.9 Å². The van der Waals surface area contributed by atoms with Gasteiger partial charge in [-0.2, -0.15) is 5.10 Å². The molecule has 1 saturated heterocycles. The van der Waals surface area contributed by atoms with Crippen molar-refractivity contribution >= 4 is 5.91 Å². The monoisotopic (exact) mass is 341 g/mol. The maximum atomic E-state index is 12.2. The molecule has 1 atom stereocenters. The lowest BCUT2D eigenvalue weighted by Gasteiger charge is -2.29. The largest absolute Gasteiger partial charge is 0.381 e. The fraction of sp³-hybridized carbons (Fsp3) is 0.556. The Balaban J connectivity index is 1.31. The number of amides is 1. The first kappa shape index (κ1) is 16.2. The number of ether oxygens (including phenoxy) is 1. The first-order valence-electron chi connectivity index (χ1n) is 8.98. The van der Waals surface area contributed by atoms with E-state index >= 15 is 0 Å². The molecule has 25 heavy (non-hydrogen) atoms. The fourth-order valence-corrected chi connectivity index (χ4v) is 3.68. The smallest absolute Gasteiger partial charge is 0.225 e. The van der Waals surface area contributed by atoms with Crippen molar-refractivity contribution in [3.05, 3.63) is 31.0 Å². The van der Waals surface area contributed by atoms with E-state index in [1.165, 1.54) is 0 Å². The lowest BCUT2D eigenvalue weighted by Crippen LogP contribution is -2.41. The van der Waals surface area contributed by atoms with Gasteiger partial charge in [0.1, 0.15) is 6.33 Å². The van der Waals surface area contributed by atoms with Crippen molar-refractivity contribution in [1.29, 1.82) is 0 Å². The fourth-order valence-electron chi connectivity index (χ4n) is 3.68. The third kappa shape index (κ3) is 3.71. The number of hydrogen-bond donors (Lipinski definition) is 1. The van der Waals surface area contributed by atoms with Crippen molar-refractivity contribution in [1.82, 2.24) is 25.1 Å². The molecule has 3 heterocycles. The minimum Gasteiger partial charge on any atom is -0.381 e. The third-order valence-electron chi connectivity index (χ3n) is 5.20. The molecule has 1 aliphatic carbocycles. The second kappa shape index (κ2) is 7.31. The molecule has 1 N–H and O–H groups in total. The molecule has 0 bridgehead atoms. The van der Waals surface area contributed by atoms with Crippen LogP contribution in [0.2, 0.25) is 0 Å². The molecule has 2 aromatic heterocycles. The normalized spacial score (nSPS) is 26.5. The van der Waals surface area contributed by atoms with E-state index in [-0.39, 0.29) is 17.9 Å². The van der Waals surface area contributed by atoms with Crippen LogP contribution in [0.4, 0.5) is 0 Å². The average Bonchev–Trinajstić information content (AvgIpc) is 3.35. The van der Waals surface area contributed by atoms with Crippen molar-refractivity contribution in [3.8, 4) is 11.3 Å². The minimum atomic E-state index is 0.0410. The second-order valence-electron chi connectivity index (χ2n) is 6.88. The second-order valence-corrected chi connectivity index (χ2v) is 6.88. The number of nitrogens with zero attached hydrogens (tertiary/aromatic N) is 4. The highest BCUT2D eigenvalue weighted by atomic mass is 16.5. The molecule has 1 unspecified atom stereocenters. The standard InChI is InChI=1S/C18H23N5O2/c24-18(13-6-8-25-11-13)22-15-1-3-16(4-2-15)23-10-14(9-21-23)17-5-7-19-12-20-17/h5,7,9-10,12-13,15-16H,1-4,6,8,11H2,(H,22,24). The number of carbonyl (C=O) groups excluding carboxylic acids is 1. The molecule has 0 spiro atoms. The zero-order valence-corrected chi connectivity index (χ0v) is 14.2. The summed E-state index contributed by atoms with van der Waals surface area (Å²) in [6.07, 6.45) is 12.1. The summed E-state index contributed by atoms with van der Waals surface area (Å²) in [7, 11) is 0. The van der Waals surface area contributed by atoms with Crippen molar-refractivity contribution in [2.24, 2.45) is 5.92 Å². The van der Waals surface area contributed by atoms with E-state index in [0.717, 1.165) is 43.4 Å². The summed E-state index contributed by atoms with van der Waals surface area (Å²) in [5, 5.41) is 7.72. The van der Waals surface area contributed by atoms with Crippen LogP contribution in [0.25, 0.3) is 11.3 Å². The van der Waals surface area contributed by atoms with Crippen molar-refractivity contribution in [2.45, 2.75) is 44.2 Å². The molecular formula is C18H23N5O2. The number of rotatable bonds is 4. The number of nitrogens with one attached hydrogen (secondary N) is 1. The van der Waals surface area contributed by atoms with Crippen molar-refractivity contribution in [2.75, 3.05) is 13.2 Å². The van der Waals surface area contributed by atoms with E-state index in [4.69, 9.17) is 4.74 Å². The summed E-state index contributed by atoms with van der Waals surface area (Å²) in [5.74, 6) is 0.199. The average molecular weight is 341 g/mol. The Morgan fingerprint density at radius 1 is 1.24 bits per heavy atom. The van der Waals surface area contributed by atoms with E-state index in [2.05, 4.69) is 26.6 Å². The SMILES string of the molecule is O=C(NC1CCC(n2cc(-c3ccncn3)cn2)CC1)C1CCOC1. The molecule has 1 saturated carbocycles. The van der Waals surface area contributed by atoms with E-state index in [1.807, 2.05) is 16.9 Å². The van der Waals surface area contributed by atoms with Gasteiger partial charge in [0.15, 0.2) is 0 Å². The molecular weight excluding hydrogens is 318 g/mol. The summed E-state index contributed by atoms with van der Waals surface area (Å²) in [5.41, 5.74) is 1.90. The van der Waals surface area contributed by atoms with E-state index in [9.17, 15) is 4.79 Å². The first-order valence-corrected chi connectivity index (χ1v) is 8.98. The quantitative estimate of drug-likeness (QED) is 0.919. The molecule has 1 amide bonds. The van der Waals surface area contributed by atoms with Gasteiger partial charge in [-0.1, -0.05) is 0 Å². The van der Waals surface area contributed by atoms with Gasteiger partial charge in [0, 0.05) is 30.6 Å². The number of hydrogen-bond acceptors (Lipinski definition) is 5. The predicted molar refractivity (Wildman–Crippen MR) is 91.6 cm³/mol. The van der Waals surface area contributed by atoms with Crippen molar-refractivity contribution < 1.29 is 9.53 Å². The lowest BCUT2D eigenvalue weighted by atomic mass is 9.90. The first-order chi connectivity index (χ1) is 12.3. The molecule has 2 aliphatic rings. The molecule has 4 rings (SSSR count). The summed E-state index contributed by atoms with van der Waals surface area (Å²) < 4.78 is 7.34. The van der Waals surface area contributed by atoms with Crippen LogP contribution in [-0.2, 0) is 9.53 Å². The van der Waals surface area contributed by atoms with E-state index in [0.29, 0.717) is 19.3 Å². The molecule has 0 radical (unpaired) electrons. The van der Waals surface area contributed by atoms with Crippen molar-refractivity contribution in [3.63, 3.8) is 0 Å². The maximum Gasteiger partial charge on any atom is 0.225 e.